The predicted molar refractivity (Wildman–Crippen MR) is 90.7 cm³/mol. The molecule has 0 fully saturated rings. The molecule has 0 aliphatic rings. The van der Waals surface area contributed by atoms with E-state index >= 15 is 0 Å². The van der Waals surface area contributed by atoms with Gasteiger partial charge in [-0.15, -0.1) is 0 Å². The number of amides is 1. The largest absolute Gasteiger partial charge is 0.351 e. The maximum Gasteiger partial charge on any atom is 0.237 e. The summed E-state index contributed by atoms with van der Waals surface area (Å²) in [6.07, 6.45) is 0. The van der Waals surface area contributed by atoms with Crippen LogP contribution >= 0.6 is 11.6 Å². The Kier molecular flexibility index (Phi) is 5.99. The van der Waals surface area contributed by atoms with Crippen molar-refractivity contribution >= 4 is 17.5 Å². The van der Waals surface area contributed by atoms with Crippen LogP contribution in [0.15, 0.2) is 54.6 Å². The van der Waals surface area contributed by atoms with Crippen molar-refractivity contribution in [1.29, 1.82) is 0 Å². The Morgan fingerprint density at radius 2 is 1.77 bits per heavy atom. The fraction of sp³-hybridized carbons (Fsp3) is 0.278. The third kappa shape index (κ3) is 4.58. The van der Waals surface area contributed by atoms with Crippen molar-refractivity contribution in [2.24, 2.45) is 0 Å². The Bertz CT molecular complexity index is 615. The highest BCUT2D eigenvalue weighted by atomic mass is 35.5. The molecule has 22 heavy (non-hydrogen) atoms. The lowest BCUT2D eigenvalue weighted by atomic mass is 10.1. The summed E-state index contributed by atoms with van der Waals surface area (Å²) in [5.74, 6) is 0.0124. The Labute approximate surface area is 136 Å². The van der Waals surface area contributed by atoms with Gasteiger partial charge in [-0.25, -0.2) is 0 Å². The van der Waals surface area contributed by atoms with E-state index in [1.807, 2.05) is 73.5 Å². The highest BCUT2D eigenvalue weighted by Gasteiger charge is 2.18. The number of hydrogen-bond acceptors (Lipinski definition) is 2. The fourth-order valence-electron chi connectivity index (χ4n) is 2.17. The number of benzene rings is 2. The Morgan fingerprint density at radius 3 is 2.45 bits per heavy atom. The summed E-state index contributed by atoms with van der Waals surface area (Å²) in [4.78, 5) is 14.2. The Hall–Kier alpha value is -1.84. The van der Waals surface area contributed by atoms with Gasteiger partial charge in [0.15, 0.2) is 0 Å². The molecular formula is C18H21ClN2O. The first-order valence-corrected chi connectivity index (χ1v) is 7.71. The van der Waals surface area contributed by atoms with Crippen LogP contribution in [-0.4, -0.2) is 23.9 Å². The minimum Gasteiger partial charge on any atom is -0.351 e. The van der Waals surface area contributed by atoms with E-state index in [4.69, 9.17) is 11.6 Å². The average molecular weight is 317 g/mol. The van der Waals surface area contributed by atoms with Crippen LogP contribution in [0.2, 0.25) is 5.02 Å². The van der Waals surface area contributed by atoms with Crippen LogP contribution in [-0.2, 0) is 17.9 Å². The molecule has 3 nitrogen and oxygen atoms in total. The van der Waals surface area contributed by atoms with Gasteiger partial charge in [-0.3, -0.25) is 9.69 Å². The monoisotopic (exact) mass is 316 g/mol. The molecule has 0 heterocycles. The van der Waals surface area contributed by atoms with Crippen molar-refractivity contribution in [3.63, 3.8) is 0 Å². The summed E-state index contributed by atoms with van der Waals surface area (Å²) in [7, 11) is 1.93. The zero-order valence-corrected chi connectivity index (χ0v) is 13.7. The molecule has 1 N–H and O–H groups in total. The molecule has 2 rings (SSSR count). The number of halogens is 1. The van der Waals surface area contributed by atoms with Crippen LogP contribution in [0.3, 0.4) is 0 Å². The molecule has 0 spiro atoms. The summed E-state index contributed by atoms with van der Waals surface area (Å²) in [6.45, 7) is 3.08. The first-order chi connectivity index (χ1) is 10.6. The topological polar surface area (TPSA) is 32.3 Å². The molecule has 0 aromatic heterocycles. The maximum atomic E-state index is 12.2. The molecule has 1 atom stereocenters. The number of carbonyl (C=O) groups is 1. The molecule has 4 heteroatoms. The fourth-order valence-corrected chi connectivity index (χ4v) is 2.36. The van der Waals surface area contributed by atoms with Crippen LogP contribution < -0.4 is 5.32 Å². The quantitative estimate of drug-likeness (QED) is 0.885. The molecule has 0 saturated heterocycles. The molecule has 1 unspecified atom stereocenters. The highest BCUT2D eigenvalue weighted by Crippen LogP contribution is 2.17. The summed E-state index contributed by atoms with van der Waals surface area (Å²) >= 11 is 6.17. The third-order valence-corrected chi connectivity index (χ3v) is 4.10. The van der Waals surface area contributed by atoms with Crippen molar-refractivity contribution < 1.29 is 4.79 Å². The van der Waals surface area contributed by atoms with Gasteiger partial charge in [0.2, 0.25) is 5.91 Å². The van der Waals surface area contributed by atoms with E-state index in [-0.39, 0.29) is 11.9 Å². The van der Waals surface area contributed by atoms with E-state index in [0.717, 1.165) is 16.1 Å². The summed E-state index contributed by atoms with van der Waals surface area (Å²) < 4.78 is 0. The van der Waals surface area contributed by atoms with Crippen LogP contribution in [0.4, 0.5) is 0 Å². The van der Waals surface area contributed by atoms with Crippen molar-refractivity contribution in [2.75, 3.05) is 7.05 Å². The second-order valence-electron chi connectivity index (χ2n) is 5.39. The maximum absolute atomic E-state index is 12.2. The molecule has 2 aromatic rings. The standard InChI is InChI=1S/C18H21ClN2O/c1-14(18(22)20-12-15-8-4-3-5-9-15)21(2)13-16-10-6-7-11-17(16)19/h3-11,14H,12-13H2,1-2H3,(H,20,22). The second-order valence-corrected chi connectivity index (χ2v) is 5.79. The molecule has 1 amide bonds. The van der Waals surface area contributed by atoms with E-state index in [2.05, 4.69) is 5.32 Å². The first-order valence-electron chi connectivity index (χ1n) is 7.33. The average Bonchev–Trinajstić information content (AvgIpc) is 2.55. The van der Waals surface area contributed by atoms with Crippen molar-refractivity contribution in [3.8, 4) is 0 Å². The molecule has 0 radical (unpaired) electrons. The lowest BCUT2D eigenvalue weighted by Crippen LogP contribution is -2.42. The van der Waals surface area contributed by atoms with Crippen LogP contribution in [0.25, 0.3) is 0 Å². The molecule has 0 aliphatic heterocycles. The van der Waals surface area contributed by atoms with Crippen molar-refractivity contribution in [1.82, 2.24) is 10.2 Å². The number of nitrogens with one attached hydrogen (secondary N) is 1. The summed E-state index contributed by atoms with van der Waals surface area (Å²) in [5.41, 5.74) is 2.12. The smallest absolute Gasteiger partial charge is 0.237 e. The van der Waals surface area contributed by atoms with Crippen LogP contribution in [0.1, 0.15) is 18.1 Å². The van der Waals surface area contributed by atoms with E-state index in [0.29, 0.717) is 13.1 Å². The van der Waals surface area contributed by atoms with Gasteiger partial charge < -0.3 is 5.32 Å². The van der Waals surface area contributed by atoms with Gasteiger partial charge in [0.25, 0.3) is 0 Å². The van der Waals surface area contributed by atoms with E-state index < -0.39 is 0 Å². The lowest BCUT2D eigenvalue weighted by Gasteiger charge is -2.24. The third-order valence-electron chi connectivity index (χ3n) is 3.73. The summed E-state index contributed by atoms with van der Waals surface area (Å²) in [6, 6.07) is 17.4. The number of hydrogen-bond donors (Lipinski definition) is 1. The number of rotatable bonds is 6. The lowest BCUT2D eigenvalue weighted by molar-refractivity contribution is -0.125. The normalized spacial score (nSPS) is 12.2. The highest BCUT2D eigenvalue weighted by molar-refractivity contribution is 6.31. The second kappa shape index (κ2) is 7.97. The number of likely N-dealkylation sites (N-methyl/N-ethyl adjacent to an activating group) is 1. The van der Waals surface area contributed by atoms with Gasteiger partial charge in [0, 0.05) is 18.1 Å². The van der Waals surface area contributed by atoms with Gasteiger partial charge in [-0.1, -0.05) is 60.1 Å². The van der Waals surface area contributed by atoms with Gasteiger partial charge in [0.1, 0.15) is 0 Å². The number of carbonyl (C=O) groups excluding carboxylic acids is 1. The van der Waals surface area contributed by atoms with Crippen LogP contribution in [0.5, 0.6) is 0 Å². The molecule has 0 saturated carbocycles. The Morgan fingerprint density at radius 1 is 1.14 bits per heavy atom. The zero-order chi connectivity index (χ0) is 15.9. The molecular weight excluding hydrogens is 296 g/mol. The van der Waals surface area contributed by atoms with Gasteiger partial charge >= 0.3 is 0 Å². The SMILES string of the molecule is CC(C(=O)NCc1ccccc1)N(C)Cc1ccccc1Cl. The molecule has 2 aromatic carbocycles. The minimum absolute atomic E-state index is 0.0124. The van der Waals surface area contributed by atoms with E-state index in [1.54, 1.807) is 0 Å². The first kappa shape index (κ1) is 16.5. The van der Waals surface area contributed by atoms with E-state index in [1.165, 1.54) is 0 Å². The van der Waals surface area contributed by atoms with Crippen molar-refractivity contribution in [2.45, 2.75) is 26.1 Å². The van der Waals surface area contributed by atoms with Crippen molar-refractivity contribution in [3.05, 3.63) is 70.7 Å². The van der Waals surface area contributed by atoms with Crippen LogP contribution in [0, 0.1) is 0 Å². The molecule has 116 valence electrons. The van der Waals surface area contributed by atoms with E-state index in [9.17, 15) is 4.79 Å². The molecule has 0 aliphatic carbocycles. The zero-order valence-electron chi connectivity index (χ0n) is 12.9. The summed E-state index contributed by atoms with van der Waals surface area (Å²) in [5, 5.41) is 3.69. The Balaban J connectivity index is 1.88. The van der Waals surface area contributed by atoms with Gasteiger partial charge in [-0.2, -0.15) is 0 Å². The molecule has 0 bridgehead atoms. The van der Waals surface area contributed by atoms with Gasteiger partial charge in [0.05, 0.1) is 6.04 Å². The minimum atomic E-state index is -0.222. The number of nitrogens with zero attached hydrogens (tertiary/aromatic N) is 1. The van der Waals surface area contributed by atoms with Gasteiger partial charge in [-0.05, 0) is 31.2 Å². The predicted octanol–water partition coefficient (Wildman–Crippen LogP) is 3.48.